The normalized spacial score (nSPS) is 16.4. The number of carbonyl (C=O) groups excluding carboxylic acids is 1. The monoisotopic (exact) mass is 575 g/mol. The molecule has 0 saturated carbocycles. The van der Waals surface area contributed by atoms with Crippen molar-refractivity contribution in [2.75, 3.05) is 0 Å². The Morgan fingerprint density at radius 2 is 1.85 bits per heavy atom. The number of allylic oxidation sites excluding steroid dienone is 5. The van der Waals surface area contributed by atoms with Gasteiger partial charge in [-0.25, -0.2) is 15.0 Å². The molecule has 0 N–H and O–H groups in total. The van der Waals surface area contributed by atoms with Gasteiger partial charge in [-0.05, 0) is 79.2 Å². The molecule has 2 unspecified atom stereocenters. The van der Waals surface area contributed by atoms with Crippen molar-refractivity contribution in [1.29, 1.82) is 0 Å². The van der Waals surface area contributed by atoms with E-state index in [0.29, 0.717) is 34.7 Å². The second kappa shape index (κ2) is 15.4. The van der Waals surface area contributed by atoms with E-state index < -0.39 is 0 Å². The molecule has 2 aromatic rings. The molecule has 0 amide bonds. The van der Waals surface area contributed by atoms with Crippen LogP contribution in [0.3, 0.4) is 0 Å². The fourth-order valence-corrected chi connectivity index (χ4v) is 5.85. The third kappa shape index (κ3) is 8.81. The molecule has 0 aliphatic heterocycles. The molecule has 3 rings (SSSR count). The van der Waals surface area contributed by atoms with Crippen LogP contribution in [-0.4, -0.2) is 27.6 Å². The summed E-state index contributed by atoms with van der Waals surface area (Å²) in [7, 11) is 0. The lowest BCUT2D eigenvalue weighted by atomic mass is 9.91. The number of hydrogen-bond acceptors (Lipinski definition) is 6. The quantitative estimate of drug-likeness (QED) is 0.120. The van der Waals surface area contributed by atoms with E-state index in [4.69, 9.17) is 9.73 Å². The Labute approximate surface area is 251 Å². The van der Waals surface area contributed by atoms with E-state index in [2.05, 4.69) is 77.7 Å². The van der Waals surface area contributed by atoms with Gasteiger partial charge in [-0.2, -0.15) is 0 Å². The molecule has 2 aromatic heterocycles. The Hall–Kier alpha value is -2.86. The summed E-state index contributed by atoms with van der Waals surface area (Å²) in [5, 5.41) is 0.860. The predicted octanol–water partition coefficient (Wildman–Crippen LogP) is 10.2. The molecular formula is C35H49N3O2S. The largest absolute Gasteiger partial charge is 0.488 e. The predicted molar refractivity (Wildman–Crippen MR) is 175 cm³/mol. The highest BCUT2D eigenvalue weighted by atomic mass is 32.1. The fourth-order valence-electron chi connectivity index (χ4n) is 4.68. The van der Waals surface area contributed by atoms with Gasteiger partial charge in [-0.1, -0.05) is 86.5 Å². The molecule has 2 heterocycles. The van der Waals surface area contributed by atoms with Crippen molar-refractivity contribution in [2.24, 2.45) is 22.7 Å². The topological polar surface area (TPSA) is 64.4 Å². The second-order valence-corrected chi connectivity index (χ2v) is 13.1. The molecule has 6 heteroatoms. The van der Waals surface area contributed by atoms with Crippen LogP contribution >= 0.6 is 11.3 Å². The van der Waals surface area contributed by atoms with E-state index in [0.717, 1.165) is 70.7 Å². The first-order chi connectivity index (χ1) is 19.5. The van der Waals surface area contributed by atoms with Crippen molar-refractivity contribution in [2.45, 2.75) is 106 Å². The Bertz CT molecular complexity index is 1330. The van der Waals surface area contributed by atoms with Crippen LogP contribution in [-0.2, 0) is 11.2 Å². The Morgan fingerprint density at radius 1 is 1.10 bits per heavy atom. The number of rotatable bonds is 15. The number of aliphatic imine (C=N–C) groups is 1. The average molecular weight is 576 g/mol. The first-order valence-corrected chi connectivity index (χ1v) is 16.2. The lowest BCUT2D eigenvalue weighted by molar-refractivity contribution is 0.103. The van der Waals surface area contributed by atoms with Crippen LogP contribution in [0.1, 0.15) is 109 Å². The Kier molecular flexibility index (Phi) is 12.3. The molecule has 1 aliphatic carbocycles. The van der Waals surface area contributed by atoms with Crippen LogP contribution in [0.5, 0.6) is 0 Å². The molecule has 222 valence electrons. The van der Waals surface area contributed by atoms with Gasteiger partial charge in [0.15, 0.2) is 11.6 Å². The number of nitrogens with zero attached hydrogens (tertiary/aromatic N) is 3. The van der Waals surface area contributed by atoms with Crippen molar-refractivity contribution in [3.8, 4) is 0 Å². The minimum absolute atomic E-state index is 0.0156. The summed E-state index contributed by atoms with van der Waals surface area (Å²) in [4.78, 5) is 29.3. The number of aryl methyl sites for hydroxylation is 1. The highest BCUT2D eigenvalue weighted by Crippen LogP contribution is 2.38. The molecule has 2 atom stereocenters. The summed E-state index contributed by atoms with van der Waals surface area (Å²) >= 11 is 1.44. The number of ketones is 1. The van der Waals surface area contributed by atoms with Crippen molar-refractivity contribution >= 4 is 38.9 Å². The van der Waals surface area contributed by atoms with Gasteiger partial charge in [-0.3, -0.25) is 4.79 Å². The summed E-state index contributed by atoms with van der Waals surface area (Å²) < 4.78 is 6.34. The van der Waals surface area contributed by atoms with Gasteiger partial charge in [0.2, 0.25) is 0 Å². The molecular weight excluding hydrogens is 526 g/mol. The molecule has 1 aliphatic rings. The highest BCUT2D eigenvalue weighted by Gasteiger charge is 2.24. The van der Waals surface area contributed by atoms with Crippen LogP contribution < -0.4 is 0 Å². The smallest absolute Gasteiger partial charge is 0.198 e. The standard InChI is InChI=1S/C35H49N3O2S/c1-10-15-28-31-34(38-29-19-14-16-24(6)20-30(29)40-27(9)23(4)5)36-21-37-35(31)41-33(28)32(39)26(8)18-13-11-12-17-25(7)22(2)3/h14,19-23,25,27H,6,8,10-13,15-18H2,1-5,7,9H3. The summed E-state index contributed by atoms with van der Waals surface area (Å²) in [6.07, 6.45) is 15.2. The van der Waals surface area contributed by atoms with Crippen LogP contribution in [0.4, 0.5) is 5.82 Å². The Morgan fingerprint density at radius 3 is 2.54 bits per heavy atom. The Balaban J connectivity index is 1.91. The van der Waals surface area contributed by atoms with E-state index in [1.807, 2.05) is 12.2 Å². The maximum atomic E-state index is 13.7. The molecule has 0 fully saturated rings. The number of unbranched alkanes of at least 4 members (excludes halogenated alkanes) is 2. The van der Waals surface area contributed by atoms with Crippen LogP contribution in [0, 0.1) is 17.8 Å². The van der Waals surface area contributed by atoms with Gasteiger partial charge in [0.05, 0.1) is 16.4 Å². The third-order valence-electron chi connectivity index (χ3n) is 8.09. The van der Waals surface area contributed by atoms with E-state index in [1.54, 1.807) is 0 Å². The minimum atomic E-state index is 0.0156. The van der Waals surface area contributed by atoms with Crippen LogP contribution in [0.2, 0.25) is 0 Å². The molecule has 41 heavy (non-hydrogen) atoms. The van der Waals surface area contributed by atoms with Gasteiger partial charge in [0, 0.05) is 0 Å². The number of Topliss-reactive ketones (excluding diaryl/α,β-unsaturated/α-hetero) is 1. The van der Waals surface area contributed by atoms with Gasteiger partial charge in [-0.15, -0.1) is 11.3 Å². The third-order valence-corrected chi connectivity index (χ3v) is 9.23. The van der Waals surface area contributed by atoms with E-state index >= 15 is 0 Å². The van der Waals surface area contributed by atoms with Crippen molar-refractivity contribution < 1.29 is 9.53 Å². The lowest BCUT2D eigenvalue weighted by Gasteiger charge is -2.20. The van der Waals surface area contributed by atoms with Gasteiger partial charge in [0.25, 0.3) is 0 Å². The van der Waals surface area contributed by atoms with Crippen molar-refractivity contribution in [3.63, 3.8) is 0 Å². The number of hydrogen-bond donors (Lipinski definition) is 0. The van der Waals surface area contributed by atoms with E-state index in [1.165, 1.54) is 30.5 Å². The summed E-state index contributed by atoms with van der Waals surface area (Å²) in [6.45, 7) is 23.7. The first-order valence-electron chi connectivity index (χ1n) is 15.3. The molecule has 0 bridgehead atoms. The zero-order chi connectivity index (χ0) is 30.1. The van der Waals surface area contributed by atoms with Gasteiger partial charge < -0.3 is 4.74 Å². The molecule has 0 radical (unpaired) electrons. The highest BCUT2D eigenvalue weighted by molar-refractivity contribution is 7.20. The SMILES string of the molecule is C=C1C=C(OC(C)C(C)C)C(=Nc2ncnc3sc(C(=O)C(=C)CCCCCC(C)C(C)C)c(CCC)c23)C=CC1. The van der Waals surface area contributed by atoms with E-state index in [9.17, 15) is 4.79 Å². The first kappa shape index (κ1) is 32.7. The lowest BCUT2D eigenvalue weighted by Crippen LogP contribution is -2.18. The number of thiophene rings is 1. The molecule has 5 nitrogen and oxygen atoms in total. The van der Waals surface area contributed by atoms with Crippen LogP contribution in [0.15, 0.2) is 59.6 Å². The fraction of sp³-hybridized carbons (Fsp3) is 0.543. The van der Waals surface area contributed by atoms with Gasteiger partial charge in [0.1, 0.15) is 22.6 Å². The summed E-state index contributed by atoms with van der Waals surface area (Å²) in [5.74, 6) is 3.09. The maximum absolute atomic E-state index is 13.7. The van der Waals surface area contributed by atoms with Crippen molar-refractivity contribution in [1.82, 2.24) is 9.97 Å². The minimum Gasteiger partial charge on any atom is -0.488 e. The number of aromatic nitrogens is 2. The second-order valence-electron chi connectivity index (χ2n) is 12.1. The summed E-state index contributed by atoms with van der Waals surface area (Å²) in [5.41, 5.74) is 3.33. The zero-order valence-corrected chi connectivity index (χ0v) is 27.1. The molecule has 0 saturated heterocycles. The molecule has 0 aromatic carbocycles. The molecule has 0 spiro atoms. The van der Waals surface area contributed by atoms with E-state index in [-0.39, 0.29) is 11.9 Å². The summed E-state index contributed by atoms with van der Waals surface area (Å²) in [6, 6.07) is 0. The average Bonchev–Trinajstić information content (AvgIpc) is 3.21. The number of ether oxygens (including phenoxy) is 1. The number of fused-ring (bicyclic) bond motifs is 1. The van der Waals surface area contributed by atoms with Crippen molar-refractivity contribution in [3.05, 3.63) is 65.1 Å². The maximum Gasteiger partial charge on any atom is 0.198 e. The van der Waals surface area contributed by atoms with Gasteiger partial charge >= 0.3 is 0 Å². The zero-order valence-electron chi connectivity index (χ0n) is 26.3. The number of carbonyl (C=O) groups is 1. The van der Waals surface area contributed by atoms with Crippen LogP contribution in [0.25, 0.3) is 10.2 Å².